The molecule has 0 spiro atoms. The third-order valence-corrected chi connectivity index (χ3v) is 4.73. The maximum absolute atomic E-state index is 12.4. The van der Waals surface area contributed by atoms with Crippen LogP contribution >= 0.6 is 0 Å². The zero-order chi connectivity index (χ0) is 14.8. The van der Waals surface area contributed by atoms with Gasteiger partial charge in [0.05, 0.1) is 11.4 Å². The Morgan fingerprint density at radius 2 is 2.10 bits per heavy atom. The SMILES string of the molecule is CCn1nc(C)c(S(=O)(=O)NCc2cccnc2)c1C. The number of aromatic nitrogens is 3. The van der Waals surface area contributed by atoms with Gasteiger partial charge in [-0.05, 0) is 32.4 Å². The van der Waals surface area contributed by atoms with E-state index in [0.717, 1.165) is 5.56 Å². The molecule has 0 aliphatic heterocycles. The Kier molecular flexibility index (Phi) is 4.20. The zero-order valence-corrected chi connectivity index (χ0v) is 12.6. The lowest BCUT2D eigenvalue weighted by Crippen LogP contribution is -2.24. The number of rotatable bonds is 5. The quantitative estimate of drug-likeness (QED) is 0.904. The van der Waals surface area contributed by atoms with Gasteiger partial charge < -0.3 is 0 Å². The Hall–Kier alpha value is -1.73. The van der Waals surface area contributed by atoms with Crippen molar-refractivity contribution in [2.75, 3.05) is 0 Å². The standard InChI is InChI=1S/C13H18N4O2S/c1-4-17-11(3)13(10(2)16-17)20(18,19)15-9-12-6-5-7-14-8-12/h5-8,15H,4,9H2,1-3H3. The van der Waals surface area contributed by atoms with E-state index in [2.05, 4.69) is 14.8 Å². The van der Waals surface area contributed by atoms with Crippen LogP contribution in [0.15, 0.2) is 29.4 Å². The molecule has 0 radical (unpaired) electrons. The summed E-state index contributed by atoms with van der Waals surface area (Å²) in [6.45, 7) is 6.26. The molecule has 7 heteroatoms. The van der Waals surface area contributed by atoms with Crippen LogP contribution < -0.4 is 4.72 Å². The zero-order valence-electron chi connectivity index (χ0n) is 11.8. The summed E-state index contributed by atoms with van der Waals surface area (Å²) in [6.07, 6.45) is 3.29. The Labute approximate surface area is 118 Å². The van der Waals surface area contributed by atoms with Gasteiger partial charge in [-0.2, -0.15) is 5.10 Å². The highest BCUT2D eigenvalue weighted by Gasteiger charge is 2.23. The topological polar surface area (TPSA) is 76.9 Å². The van der Waals surface area contributed by atoms with Crippen molar-refractivity contribution in [2.45, 2.75) is 38.8 Å². The molecule has 1 N–H and O–H groups in total. The monoisotopic (exact) mass is 294 g/mol. The van der Waals surface area contributed by atoms with Crippen molar-refractivity contribution in [3.8, 4) is 0 Å². The van der Waals surface area contributed by atoms with Gasteiger partial charge in [0, 0.05) is 25.5 Å². The minimum absolute atomic E-state index is 0.215. The molecule has 0 saturated heterocycles. The van der Waals surface area contributed by atoms with E-state index in [1.807, 2.05) is 13.0 Å². The van der Waals surface area contributed by atoms with Crippen molar-refractivity contribution in [3.63, 3.8) is 0 Å². The van der Waals surface area contributed by atoms with Crippen molar-refractivity contribution >= 4 is 10.0 Å². The fraction of sp³-hybridized carbons (Fsp3) is 0.385. The van der Waals surface area contributed by atoms with Gasteiger partial charge in [-0.3, -0.25) is 9.67 Å². The lowest BCUT2D eigenvalue weighted by atomic mass is 10.3. The fourth-order valence-corrected chi connectivity index (χ4v) is 3.56. The maximum Gasteiger partial charge on any atom is 0.244 e. The van der Waals surface area contributed by atoms with E-state index in [-0.39, 0.29) is 11.4 Å². The molecule has 0 atom stereocenters. The molecule has 2 heterocycles. The van der Waals surface area contributed by atoms with E-state index in [0.29, 0.717) is 17.9 Å². The van der Waals surface area contributed by atoms with E-state index in [9.17, 15) is 8.42 Å². The van der Waals surface area contributed by atoms with Crippen molar-refractivity contribution in [1.82, 2.24) is 19.5 Å². The number of nitrogens with zero attached hydrogens (tertiary/aromatic N) is 3. The van der Waals surface area contributed by atoms with Crippen LogP contribution in [-0.2, 0) is 23.1 Å². The minimum Gasteiger partial charge on any atom is -0.268 e. The van der Waals surface area contributed by atoms with Crippen LogP contribution in [0, 0.1) is 13.8 Å². The normalized spacial score (nSPS) is 11.8. The summed E-state index contributed by atoms with van der Waals surface area (Å²) in [5, 5.41) is 4.24. The van der Waals surface area contributed by atoms with Crippen molar-refractivity contribution < 1.29 is 8.42 Å². The molecule has 0 saturated carbocycles. The lowest BCUT2D eigenvalue weighted by Gasteiger charge is -2.07. The van der Waals surface area contributed by atoms with Crippen molar-refractivity contribution in [1.29, 1.82) is 0 Å². The number of aryl methyl sites for hydroxylation is 2. The van der Waals surface area contributed by atoms with Gasteiger partial charge in [0.25, 0.3) is 0 Å². The Balaban J connectivity index is 2.25. The highest BCUT2D eigenvalue weighted by Crippen LogP contribution is 2.19. The Morgan fingerprint density at radius 3 is 2.65 bits per heavy atom. The summed E-state index contributed by atoms with van der Waals surface area (Å²) in [4.78, 5) is 4.23. The summed E-state index contributed by atoms with van der Waals surface area (Å²) in [5.41, 5.74) is 1.99. The van der Waals surface area contributed by atoms with Gasteiger partial charge in [0.15, 0.2) is 0 Å². The van der Waals surface area contributed by atoms with Gasteiger partial charge in [0.1, 0.15) is 4.90 Å². The highest BCUT2D eigenvalue weighted by atomic mass is 32.2. The predicted molar refractivity (Wildman–Crippen MR) is 75.6 cm³/mol. The van der Waals surface area contributed by atoms with Crippen molar-refractivity contribution in [3.05, 3.63) is 41.5 Å². The third-order valence-electron chi connectivity index (χ3n) is 3.07. The summed E-state index contributed by atoms with van der Waals surface area (Å²) in [6, 6.07) is 3.60. The molecule has 2 aromatic rings. The van der Waals surface area contributed by atoms with Gasteiger partial charge >= 0.3 is 0 Å². The van der Waals surface area contributed by atoms with Crippen LogP contribution in [0.1, 0.15) is 23.9 Å². The molecule has 2 rings (SSSR count). The molecule has 0 amide bonds. The average molecular weight is 294 g/mol. The van der Waals surface area contributed by atoms with Gasteiger partial charge in [-0.15, -0.1) is 0 Å². The molecule has 0 aliphatic carbocycles. The Bertz CT molecular complexity index is 693. The summed E-state index contributed by atoms with van der Waals surface area (Å²) in [5.74, 6) is 0. The van der Waals surface area contributed by atoms with Crippen LogP contribution in [0.5, 0.6) is 0 Å². The highest BCUT2D eigenvalue weighted by molar-refractivity contribution is 7.89. The molecule has 108 valence electrons. The first-order chi connectivity index (χ1) is 9.45. The molecular formula is C13H18N4O2S. The molecule has 6 nitrogen and oxygen atoms in total. The van der Waals surface area contributed by atoms with Gasteiger partial charge in [-0.1, -0.05) is 6.07 Å². The van der Waals surface area contributed by atoms with Crippen LogP contribution in [0.2, 0.25) is 0 Å². The molecular weight excluding hydrogens is 276 g/mol. The molecule has 20 heavy (non-hydrogen) atoms. The Morgan fingerprint density at radius 1 is 1.35 bits per heavy atom. The maximum atomic E-state index is 12.4. The number of nitrogens with one attached hydrogen (secondary N) is 1. The predicted octanol–water partition coefficient (Wildman–Crippen LogP) is 1.39. The number of hydrogen-bond donors (Lipinski definition) is 1. The van der Waals surface area contributed by atoms with E-state index >= 15 is 0 Å². The first-order valence-corrected chi connectivity index (χ1v) is 7.86. The largest absolute Gasteiger partial charge is 0.268 e. The van der Waals surface area contributed by atoms with Crippen LogP contribution in [0.25, 0.3) is 0 Å². The second kappa shape index (κ2) is 5.72. The van der Waals surface area contributed by atoms with E-state index in [4.69, 9.17) is 0 Å². The molecule has 0 bridgehead atoms. The summed E-state index contributed by atoms with van der Waals surface area (Å²) in [7, 11) is -3.57. The summed E-state index contributed by atoms with van der Waals surface area (Å²) < 4.78 is 29.1. The van der Waals surface area contributed by atoms with E-state index in [1.165, 1.54) is 0 Å². The smallest absolute Gasteiger partial charge is 0.244 e. The second-order valence-electron chi connectivity index (χ2n) is 4.50. The number of hydrogen-bond acceptors (Lipinski definition) is 4. The lowest BCUT2D eigenvalue weighted by molar-refractivity contribution is 0.578. The molecule has 0 aliphatic rings. The first-order valence-electron chi connectivity index (χ1n) is 6.38. The minimum atomic E-state index is -3.57. The van der Waals surface area contributed by atoms with Gasteiger partial charge in [0.2, 0.25) is 10.0 Å². The molecule has 0 unspecified atom stereocenters. The van der Waals surface area contributed by atoms with Crippen molar-refractivity contribution in [2.24, 2.45) is 0 Å². The molecule has 0 fully saturated rings. The first kappa shape index (κ1) is 14.7. The number of sulfonamides is 1. The van der Waals surface area contributed by atoms with E-state index < -0.39 is 10.0 Å². The number of pyridine rings is 1. The second-order valence-corrected chi connectivity index (χ2v) is 6.21. The third kappa shape index (κ3) is 2.88. The van der Waals surface area contributed by atoms with Crippen LogP contribution in [0.4, 0.5) is 0 Å². The van der Waals surface area contributed by atoms with Crippen LogP contribution in [-0.4, -0.2) is 23.2 Å². The molecule has 2 aromatic heterocycles. The summed E-state index contributed by atoms with van der Waals surface area (Å²) >= 11 is 0. The van der Waals surface area contributed by atoms with E-state index in [1.54, 1.807) is 37.0 Å². The van der Waals surface area contributed by atoms with Gasteiger partial charge in [-0.25, -0.2) is 13.1 Å². The fourth-order valence-electron chi connectivity index (χ4n) is 2.13. The molecule has 0 aromatic carbocycles. The average Bonchev–Trinajstić information content (AvgIpc) is 2.73. The van der Waals surface area contributed by atoms with Crippen LogP contribution in [0.3, 0.4) is 0 Å².